The topological polar surface area (TPSA) is 103 Å². The fraction of sp³-hybridized carbons (Fsp3) is 0.318. The van der Waals surface area contributed by atoms with Crippen molar-refractivity contribution in [3.05, 3.63) is 48.0 Å². The highest BCUT2D eigenvalue weighted by Gasteiger charge is 2.16. The molecule has 0 saturated carbocycles. The second kappa shape index (κ2) is 9.99. The molecule has 3 aromatic heterocycles. The van der Waals surface area contributed by atoms with Gasteiger partial charge in [-0.05, 0) is 43.0 Å². The Morgan fingerprint density at radius 1 is 1.18 bits per heavy atom. The van der Waals surface area contributed by atoms with Crippen LogP contribution in [0.4, 0.5) is 10.2 Å². The molecule has 0 aliphatic heterocycles. The van der Waals surface area contributed by atoms with Crippen molar-refractivity contribution in [1.29, 1.82) is 0 Å². The third-order valence-electron chi connectivity index (χ3n) is 5.06. The molecule has 0 bridgehead atoms. The Labute approximate surface area is 194 Å². The van der Waals surface area contributed by atoms with Crippen molar-refractivity contribution in [1.82, 2.24) is 34.8 Å². The highest BCUT2D eigenvalue weighted by atomic mass is 32.2. The number of carbonyl (C=O) groups excluding carboxylic acids is 1. The van der Waals surface area contributed by atoms with Crippen molar-refractivity contribution in [3.8, 4) is 11.3 Å². The monoisotopic (exact) mass is 468 g/mol. The molecule has 0 atom stereocenters. The number of anilines is 1. The van der Waals surface area contributed by atoms with Crippen LogP contribution in [0.2, 0.25) is 0 Å². The second-order valence-corrected chi connectivity index (χ2v) is 8.17. The van der Waals surface area contributed by atoms with Crippen LogP contribution in [0.1, 0.15) is 23.8 Å². The minimum absolute atomic E-state index is 0.250. The SMILES string of the molecule is CCCNc1nc(SC)nc2c1cnn2CCNC(=O)c1cc(-c2ccc(F)cc2)nn1C. The van der Waals surface area contributed by atoms with Gasteiger partial charge in [0.1, 0.15) is 17.3 Å². The molecule has 11 heteroatoms. The van der Waals surface area contributed by atoms with Crippen molar-refractivity contribution in [3.63, 3.8) is 0 Å². The van der Waals surface area contributed by atoms with E-state index in [1.807, 2.05) is 6.26 Å². The van der Waals surface area contributed by atoms with Crippen LogP contribution in [0.3, 0.4) is 0 Å². The predicted molar refractivity (Wildman–Crippen MR) is 127 cm³/mol. The van der Waals surface area contributed by atoms with Crippen LogP contribution in [0.15, 0.2) is 41.7 Å². The number of nitrogens with one attached hydrogen (secondary N) is 2. The summed E-state index contributed by atoms with van der Waals surface area (Å²) in [6.07, 6.45) is 4.66. The number of benzene rings is 1. The van der Waals surface area contributed by atoms with Gasteiger partial charge in [0, 0.05) is 25.7 Å². The molecule has 0 saturated heterocycles. The van der Waals surface area contributed by atoms with Gasteiger partial charge in [0.2, 0.25) is 0 Å². The Balaban J connectivity index is 1.45. The molecular weight excluding hydrogens is 443 g/mol. The minimum atomic E-state index is -0.318. The molecule has 0 spiro atoms. The Kier molecular flexibility index (Phi) is 6.87. The van der Waals surface area contributed by atoms with E-state index < -0.39 is 0 Å². The maximum Gasteiger partial charge on any atom is 0.269 e. The number of aryl methyl sites for hydroxylation is 1. The van der Waals surface area contributed by atoms with E-state index in [-0.39, 0.29) is 11.7 Å². The number of nitrogens with zero attached hydrogens (tertiary/aromatic N) is 6. The second-order valence-electron chi connectivity index (χ2n) is 7.39. The van der Waals surface area contributed by atoms with E-state index in [1.54, 1.807) is 36.1 Å². The zero-order chi connectivity index (χ0) is 23.4. The highest BCUT2D eigenvalue weighted by molar-refractivity contribution is 7.98. The quantitative estimate of drug-likeness (QED) is 0.287. The predicted octanol–water partition coefficient (Wildman–Crippen LogP) is 3.34. The van der Waals surface area contributed by atoms with Crippen molar-refractivity contribution < 1.29 is 9.18 Å². The normalized spacial score (nSPS) is 11.2. The Morgan fingerprint density at radius 2 is 1.97 bits per heavy atom. The summed E-state index contributed by atoms with van der Waals surface area (Å²) in [4.78, 5) is 21.9. The number of halogens is 1. The van der Waals surface area contributed by atoms with Crippen molar-refractivity contribution in [2.24, 2.45) is 7.05 Å². The first kappa shape index (κ1) is 22.7. The van der Waals surface area contributed by atoms with Gasteiger partial charge in [-0.25, -0.2) is 19.0 Å². The van der Waals surface area contributed by atoms with Crippen LogP contribution in [0, 0.1) is 5.82 Å². The minimum Gasteiger partial charge on any atom is -0.369 e. The van der Waals surface area contributed by atoms with Gasteiger partial charge in [0.25, 0.3) is 5.91 Å². The van der Waals surface area contributed by atoms with Crippen LogP contribution >= 0.6 is 11.8 Å². The zero-order valence-corrected chi connectivity index (χ0v) is 19.5. The van der Waals surface area contributed by atoms with E-state index in [9.17, 15) is 9.18 Å². The number of fused-ring (bicyclic) bond motifs is 1. The highest BCUT2D eigenvalue weighted by Crippen LogP contribution is 2.23. The first-order valence-electron chi connectivity index (χ1n) is 10.6. The van der Waals surface area contributed by atoms with Gasteiger partial charge in [-0.15, -0.1) is 0 Å². The molecule has 3 heterocycles. The average Bonchev–Trinajstić information content (AvgIpc) is 3.41. The molecular formula is C22H25FN8OS. The Morgan fingerprint density at radius 3 is 2.70 bits per heavy atom. The van der Waals surface area contributed by atoms with Gasteiger partial charge in [0.05, 0.1) is 23.8 Å². The van der Waals surface area contributed by atoms with Gasteiger partial charge in [-0.2, -0.15) is 10.2 Å². The van der Waals surface area contributed by atoms with Crippen LogP contribution < -0.4 is 10.6 Å². The van der Waals surface area contributed by atoms with Gasteiger partial charge in [-0.1, -0.05) is 18.7 Å². The first-order chi connectivity index (χ1) is 16.0. The third kappa shape index (κ3) is 4.98. The molecule has 172 valence electrons. The smallest absolute Gasteiger partial charge is 0.269 e. The molecule has 4 rings (SSSR count). The van der Waals surface area contributed by atoms with E-state index in [1.165, 1.54) is 28.6 Å². The van der Waals surface area contributed by atoms with Crippen LogP contribution in [0.25, 0.3) is 22.3 Å². The summed E-state index contributed by atoms with van der Waals surface area (Å²) in [7, 11) is 1.70. The van der Waals surface area contributed by atoms with Crippen LogP contribution in [-0.2, 0) is 13.6 Å². The number of hydrogen-bond donors (Lipinski definition) is 2. The number of hydrogen-bond acceptors (Lipinski definition) is 7. The van der Waals surface area contributed by atoms with Crippen molar-refractivity contribution in [2.75, 3.05) is 24.7 Å². The van der Waals surface area contributed by atoms with E-state index in [2.05, 4.69) is 37.7 Å². The van der Waals surface area contributed by atoms with Gasteiger partial charge in [-0.3, -0.25) is 9.48 Å². The van der Waals surface area contributed by atoms with Gasteiger partial charge < -0.3 is 10.6 Å². The molecule has 1 aromatic carbocycles. The fourth-order valence-corrected chi connectivity index (χ4v) is 3.74. The lowest BCUT2D eigenvalue weighted by Crippen LogP contribution is -2.29. The lowest BCUT2D eigenvalue weighted by Gasteiger charge is -2.09. The molecule has 33 heavy (non-hydrogen) atoms. The van der Waals surface area contributed by atoms with E-state index >= 15 is 0 Å². The summed E-state index contributed by atoms with van der Waals surface area (Å²) in [5, 5.41) is 16.6. The molecule has 9 nitrogen and oxygen atoms in total. The summed E-state index contributed by atoms with van der Waals surface area (Å²) < 4.78 is 16.5. The summed E-state index contributed by atoms with van der Waals surface area (Å²) in [6.45, 7) is 3.72. The van der Waals surface area contributed by atoms with Gasteiger partial charge >= 0.3 is 0 Å². The van der Waals surface area contributed by atoms with Crippen molar-refractivity contribution in [2.45, 2.75) is 25.0 Å². The number of rotatable bonds is 9. The Bertz CT molecular complexity index is 1270. The van der Waals surface area contributed by atoms with Crippen molar-refractivity contribution >= 4 is 34.5 Å². The zero-order valence-electron chi connectivity index (χ0n) is 18.7. The standard InChI is InChI=1S/C22H25FN8OS/c1-4-9-24-19-16-13-26-31(20(16)28-22(27-19)33-3)11-10-25-21(32)18-12-17(29-30(18)2)14-5-7-15(23)8-6-14/h5-8,12-13H,4,9-11H2,1-3H3,(H,25,32)(H,24,27,28). The average molecular weight is 469 g/mol. The van der Waals surface area contributed by atoms with Crippen LogP contribution in [0.5, 0.6) is 0 Å². The Hall–Kier alpha value is -3.47. The lowest BCUT2D eigenvalue weighted by atomic mass is 10.1. The number of amides is 1. The maximum absolute atomic E-state index is 13.2. The summed E-state index contributed by atoms with van der Waals surface area (Å²) in [5.41, 5.74) is 2.49. The van der Waals surface area contributed by atoms with Gasteiger partial charge in [0.15, 0.2) is 10.8 Å². The molecule has 0 fully saturated rings. The lowest BCUT2D eigenvalue weighted by molar-refractivity contribution is 0.0942. The summed E-state index contributed by atoms with van der Waals surface area (Å²) >= 11 is 1.47. The van der Waals surface area contributed by atoms with E-state index in [0.29, 0.717) is 29.6 Å². The largest absolute Gasteiger partial charge is 0.369 e. The molecule has 4 aromatic rings. The molecule has 2 N–H and O–H groups in total. The summed E-state index contributed by atoms with van der Waals surface area (Å²) in [5.74, 6) is 0.200. The van der Waals surface area contributed by atoms with E-state index in [4.69, 9.17) is 0 Å². The molecule has 0 aliphatic carbocycles. The molecule has 0 unspecified atom stereocenters. The van der Waals surface area contributed by atoms with Crippen LogP contribution in [-0.4, -0.2) is 54.8 Å². The number of carbonyl (C=O) groups is 1. The number of thioether (sulfide) groups is 1. The maximum atomic E-state index is 13.2. The summed E-state index contributed by atoms with van der Waals surface area (Å²) in [6, 6.07) is 7.70. The first-order valence-corrected chi connectivity index (χ1v) is 11.8. The fourth-order valence-electron chi connectivity index (χ4n) is 3.38. The molecule has 0 radical (unpaired) electrons. The third-order valence-corrected chi connectivity index (χ3v) is 5.61. The molecule has 1 amide bonds. The number of aromatic nitrogens is 6. The van der Waals surface area contributed by atoms with E-state index in [0.717, 1.165) is 35.4 Å². The molecule has 0 aliphatic rings.